The van der Waals surface area contributed by atoms with Crippen LogP contribution in [0.2, 0.25) is 0 Å². The van der Waals surface area contributed by atoms with Crippen LogP contribution in [-0.2, 0) is 11.3 Å². The molecule has 1 aliphatic heterocycles. The standard InChI is InChI=1S/C15H22N2O2/c18-14-4-1-13(2-5-14)11-17-15(19)6-3-12-7-9-16-10-8-12/h1-2,4-5,12,16,18H,3,6-11H2,(H,17,19). The van der Waals surface area contributed by atoms with E-state index >= 15 is 0 Å². The molecule has 1 fully saturated rings. The maximum atomic E-state index is 11.7. The van der Waals surface area contributed by atoms with E-state index in [0.29, 0.717) is 18.9 Å². The van der Waals surface area contributed by atoms with Crippen LogP contribution >= 0.6 is 0 Å². The van der Waals surface area contributed by atoms with Crippen molar-refractivity contribution in [2.75, 3.05) is 13.1 Å². The molecule has 2 rings (SSSR count). The van der Waals surface area contributed by atoms with Gasteiger partial charge in [0.2, 0.25) is 5.91 Å². The molecule has 1 aliphatic rings. The van der Waals surface area contributed by atoms with Crippen molar-refractivity contribution in [3.05, 3.63) is 29.8 Å². The molecule has 0 unspecified atom stereocenters. The van der Waals surface area contributed by atoms with E-state index in [1.54, 1.807) is 12.1 Å². The second-order valence-corrected chi connectivity index (χ2v) is 5.18. The first kappa shape index (κ1) is 13.9. The normalized spacial score (nSPS) is 16.2. The Morgan fingerprint density at radius 3 is 2.63 bits per heavy atom. The Bertz CT molecular complexity index is 397. The molecule has 3 N–H and O–H groups in total. The molecule has 0 spiro atoms. The molecular weight excluding hydrogens is 240 g/mol. The first-order valence-corrected chi connectivity index (χ1v) is 6.99. The number of rotatable bonds is 5. The Balaban J connectivity index is 1.65. The van der Waals surface area contributed by atoms with Crippen molar-refractivity contribution in [3.63, 3.8) is 0 Å². The van der Waals surface area contributed by atoms with Gasteiger partial charge in [-0.1, -0.05) is 12.1 Å². The first-order chi connectivity index (χ1) is 9.24. The van der Waals surface area contributed by atoms with Crippen molar-refractivity contribution >= 4 is 5.91 Å². The number of nitrogens with one attached hydrogen (secondary N) is 2. The summed E-state index contributed by atoms with van der Waals surface area (Å²) in [5.74, 6) is 1.06. The summed E-state index contributed by atoms with van der Waals surface area (Å²) in [4.78, 5) is 11.7. The zero-order valence-corrected chi connectivity index (χ0v) is 11.2. The average Bonchev–Trinajstić information content (AvgIpc) is 2.45. The predicted molar refractivity (Wildman–Crippen MR) is 74.8 cm³/mol. The van der Waals surface area contributed by atoms with E-state index in [2.05, 4.69) is 10.6 Å². The Hall–Kier alpha value is -1.55. The molecule has 1 saturated heterocycles. The van der Waals surface area contributed by atoms with Crippen LogP contribution in [0.1, 0.15) is 31.2 Å². The summed E-state index contributed by atoms with van der Waals surface area (Å²) in [6, 6.07) is 6.91. The Labute approximate surface area is 114 Å². The number of amides is 1. The van der Waals surface area contributed by atoms with E-state index < -0.39 is 0 Å². The maximum absolute atomic E-state index is 11.7. The first-order valence-electron chi connectivity index (χ1n) is 6.99. The molecule has 0 aliphatic carbocycles. The highest BCUT2D eigenvalue weighted by Gasteiger charge is 2.14. The number of aromatic hydroxyl groups is 1. The van der Waals surface area contributed by atoms with E-state index in [1.807, 2.05) is 12.1 Å². The van der Waals surface area contributed by atoms with Crippen molar-refractivity contribution in [2.24, 2.45) is 5.92 Å². The molecule has 4 nitrogen and oxygen atoms in total. The fourth-order valence-electron chi connectivity index (χ4n) is 2.41. The molecule has 0 radical (unpaired) electrons. The van der Waals surface area contributed by atoms with E-state index in [1.165, 1.54) is 12.8 Å². The molecule has 0 atom stereocenters. The largest absolute Gasteiger partial charge is 0.508 e. The van der Waals surface area contributed by atoms with Crippen LogP contribution < -0.4 is 10.6 Å². The predicted octanol–water partition coefficient (Wildman–Crippen LogP) is 1.79. The van der Waals surface area contributed by atoms with E-state index in [-0.39, 0.29) is 11.7 Å². The Morgan fingerprint density at radius 1 is 1.26 bits per heavy atom. The molecule has 4 heteroatoms. The molecule has 0 saturated carbocycles. The lowest BCUT2D eigenvalue weighted by Crippen LogP contribution is -2.29. The molecular formula is C15H22N2O2. The number of carbonyl (C=O) groups excluding carboxylic acids is 1. The van der Waals surface area contributed by atoms with Crippen LogP contribution in [0.4, 0.5) is 0 Å². The summed E-state index contributed by atoms with van der Waals surface area (Å²) in [5, 5.41) is 15.4. The summed E-state index contributed by atoms with van der Waals surface area (Å²) in [6.45, 7) is 2.70. The van der Waals surface area contributed by atoms with Crippen molar-refractivity contribution in [1.29, 1.82) is 0 Å². The summed E-state index contributed by atoms with van der Waals surface area (Å²) in [5.41, 5.74) is 1.01. The number of benzene rings is 1. The highest BCUT2D eigenvalue weighted by Crippen LogP contribution is 2.17. The minimum atomic E-state index is 0.117. The van der Waals surface area contributed by atoms with Crippen molar-refractivity contribution in [2.45, 2.75) is 32.2 Å². The van der Waals surface area contributed by atoms with Gasteiger partial charge in [0, 0.05) is 13.0 Å². The van der Waals surface area contributed by atoms with Crippen LogP contribution in [0, 0.1) is 5.92 Å². The third-order valence-electron chi connectivity index (χ3n) is 3.66. The topological polar surface area (TPSA) is 61.4 Å². The minimum Gasteiger partial charge on any atom is -0.508 e. The Kier molecular flexibility index (Phi) is 5.21. The number of piperidine rings is 1. The molecule has 0 aromatic heterocycles. The summed E-state index contributed by atoms with van der Waals surface area (Å²) >= 11 is 0. The zero-order chi connectivity index (χ0) is 13.5. The van der Waals surface area contributed by atoms with Crippen LogP contribution in [-0.4, -0.2) is 24.1 Å². The lowest BCUT2D eigenvalue weighted by atomic mass is 9.93. The van der Waals surface area contributed by atoms with Crippen LogP contribution in [0.25, 0.3) is 0 Å². The highest BCUT2D eigenvalue weighted by molar-refractivity contribution is 5.75. The monoisotopic (exact) mass is 262 g/mol. The number of hydrogen-bond acceptors (Lipinski definition) is 3. The maximum Gasteiger partial charge on any atom is 0.220 e. The molecule has 1 amide bonds. The lowest BCUT2D eigenvalue weighted by molar-refractivity contribution is -0.121. The van der Waals surface area contributed by atoms with Gasteiger partial charge >= 0.3 is 0 Å². The molecule has 19 heavy (non-hydrogen) atoms. The number of carbonyl (C=O) groups is 1. The fraction of sp³-hybridized carbons (Fsp3) is 0.533. The molecule has 104 valence electrons. The SMILES string of the molecule is O=C(CCC1CCNCC1)NCc1ccc(O)cc1. The average molecular weight is 262 g/mol. The van der Waals surface area contributed by atoms with Gasteiger partial charge in [-0.15, -0.1) is 0 Å². The van der Waals surface area contributed by atoms with Crippen LogP contribution in [0.5, 0.6) is 5.75 Å². The number of hydrogen-bond donors (Lipinski definition) is 3. The summed E-state index contributed by atoms with van der Waals surface area (Å²) in [7, 11) is 0. The smallest absolute Gasteiger partial charge is 0.220 e. The fourth-order valence-corrected chi connectivity index (χ4v) is 2.41. The summed E-state index contributed by atoms with van der Waals surface area (Å²) < 4.78 is 0. The van der Waals surface area contributed by atoms with E-state index in [0.717, 1.165) is 25.1 Å². The third-order valence-corrected chi connectivity index (χ3v) is 3.66. The molecule has 0 bridgehead atoms. The number of phenols is 1. The van der Waals surface area contributed by atoms with Gasteiger partial charge < -0.3 is 15.7 Å². The van der Waals surface area contributed by atoms with Gasteiger partial charge in [0.15, 0.2) is 0 Å². The van der Waals surface area contributed by atoms with Gasteiger partial charge in [0.25, 0.3) is 0 Å². The molecule has 1 aromatic rings. The zero-order valence-electron chi connectivity index (χ0n) is 11.2. The molecule has 1 heterocycles. The van der Waals surface area contributed by atoms with Gasteiger partial charge in [-0.3, -0.25) is 4.79 Å². The van der Waals surface area contributed by atoms with E-state index in [4.69, 9.17) is 0 Å². The van der Waals surface area contributed by atoms with Gasteiger partial charge in [-0.05, 0) is 56.0 Å². The molecule has 1 aromatic carbocycles. The van der Waals surface area contributed by atoms with Gasteiger partial charge in [0.1, 0.15) is 5.75 Å². The summed E-state index contributed by atoms with van der Waals surface area (Å²) in [6.07, 6.45) is 3.97. The van der Waals surface area contributed by atoms with Gasteiger partial charge in [-0.25, -0.2) is 0 Å². The quantitative estimate of drug-likeness (QED) is 0.758. The highest BCUT2D eigenvalue weighted by atomic mass is 16.3. The lowest BCUT2D eigenvalue weighted by Gasteiger charge is -2.22. The second-order valence-electron chi connectivity index (χ2n) is 5.18. The third kappa shape index (κ3) is 4.91. The Morgan fingerprint density at radius 2 is 1.95 bits per heavy atom. The van der Waals surface area contributed by atoms with Crippen molar-refractivity contribution in [3.8, 4) is 5.75 Å². The minimum absolute atomic E-state index is 0.117. The van der Waals surface area contributed by atoms with Crippen molar-refractivity contribution in [1.82, 2.24) is 10.6 Å². The second kappa shape index (κ2) is 7.14. The van der Waals surface area contributed by atoms with Crippen molar-refractivity contribution < 1.29 is 9.90 Å². The van der Waals surface area contributed by atoms with E-state index in [9.17, 15) is 9.90 Å². The number of phenolic OH excluding ortho intramolecular Hbond substituents is 1. The van der Waals surface area contributed by atoms with Crippen LogP contribution in [0.15, 0.2) is 24.3 Å². The van der Waals surface area contributed by atoms with Gasteiger partial charge in [0.05, 0.1) is 0 Å². The van der Waals surface area contributed by atoms with Crippen LogP contribution in [0.3, 0.4) is 0 Å². The van der Waals surface area contributed by atoms with Gasteiger partial charge in [-0.2, -0.15) is 0 Å².